The van der Waals surface area contributed by atoms with E-state index in [1.165, 1.54) is 19.3 Å². The van der Waals surface area contributed by atoms with Gasteiger partial charge in [-0.3, -0.25) is 4.79 Å². The maximum absolute atomic E-state index is 12.2. The molecule has 0 saturated heterocycles. The summed E-state index contributed by atoms with van der Waals surface area (Å²) >= 11 is 5.91. The Balaban J connectivity index is 1.54. The maximum Gasteiger partial charge on any atom is 0.261 e. The molecule has 0 unspecified atom stereocenters. The van der Waals surface area contributed by atoms with Crippen molar-refractivity contribution in [2.24, 2.45) is 11.8 Å². The molecule has 1 N–H and O–H groups in total. The second-order valence-electron chi connectivity index (χ2n) is 6.01. The Morgan fingerprint density at radius 1 is 1.40 bits per heavy atom. The summed E-state index contributed by atoms with van der Waals surface area (Å²) in [6.45, 7) is 1.78. The highest BCUT2D eigenvalue weighted by Crippen LogP contribution is 2.44. The first kappa shape index (κ1) is 13.7. The van der Waals surface area contributed by atoms with Crippen molar-refractivity contribution in [3.05, 3.63) is 29.3 Å². The van der Waals surface area contributed by atoms with Crippen molar-refractivity contribution in [3.63, 3.8) is 0 Å². The van der Waals surface area contributed by atoms with Crippen molar-refractivity contribution in [2.45, 2.75) is 44.8 Å². The van der Waals surface area contributed by atoms with E-state index in [-0.39, 0.29) is 5.91 Å². The third kappa shape index (κ3) is 2.93. The van der Waals surface area contributed by atoms with Gasteiger partial charge >= 0.3 is 0 Å². The van der Waals surface area contributed by atoms with Gasteiger partial charge in [0.1, 0.15) is 5.75 Å². The molecule has 2 fully saturated rings. The van der Waals surface area contributed by atoms with E-state index in [0.717, 1.165) is 12.3 Å². The van der Waals surface area contributed by atoms with E-state index >= 15 is 0 Å². The number of hydrogen-bond donors (Lipinski definition) is 1. The molecule has 1 aromatic carbocycles. The van der Waals surface area contributed by atoms with Crippen molar-refractivity contribution in [2.75, 3.05) is 0 Å². The molecule has 2 saturated carbocycles. The van der Waals surface area contributed by atoms with E-state index in [0.29, 0.717) is 22.7 Å². The number of ether oxygens (including phenoxy) is 1. The number of fused-ring (bicyclic) bond motifs is 2. The topological polar surface area (TPSA) is 38.3 Å². The lowest BCUT2D eigenvalue weighted by molar-refractivity contribution is -0.128. The first-order valence-electron chi connectivity index (χ1n) is 7.34. The lowest BCUT2D eigenvalue weighted by Gasteiger charge is -2.24. The molecule has 0 spiro atoms. The second kappa shape index (κ2) is 5.65. The van der Waals surface area contributed by atoms with E-state index in [1.54, 1.807) is 19.1 Å². The van der Waals surface area contributed by atoms with Gasteiger partial charge in [-0.1, -0.05) is 24.1 Å². The predicted octanol–water partition coefficient (Wildman–Crippen LogP) is 3.41. The molecule has 3 nitrogen and oxygen atoms in total. The summed E-state index contributed by atoms with van der Waals surface area (Å²) in [5.74, 6) is 2.12. The van der Waals surface area contributed by atoms with Crippen LogP contribution in [-0.2, 0) is 4.79 Å². The van der Waals surface area contributed by atoms with Crippen molar-refractivity contribution in [1.29, 1.82) is 0 Å². The average molecular weight is 294 g/mol. The van der Waals surface area contributed by atoms with Crippen LogP contribution < -0.4 is 10.1 Å². The number of benzene rings is 1. The van der Waals surface area contributed by atoms with Gasteiger partial charge in [0.25, 0.3) is 5.91 Å². The first-order valence-corrected chi connectivity index (χ1v) is 7.72. The Morgan fingerprint density at radius 3 is 2.90 bits per heavy atom. The molecule has 1 amide bonds. The molecule has 2 aliphatic rings. The molecule has 1 aromatic rings. The molecule has 20 heavy (non-hydrogen) atoms. The predicted molar refractivity (Wildman–Crippen MR) is 78.9 cm³/mol. The van der Waals surface area contributed by atoms with Crippen molar-refractivity contribution < 1.29 is 9.53 Å². The van der Waals surface area contributed by atoms with Gasteiger partial charge in [0.05, 0.1) is 0 Å². The highest BCUT2D eigenvalue weighted by molar-refractivity contribution is 6.30. The quantitative estimate of drug-likeness (QED) is 0.924. The van der Waals surface area contributed by atoms with E-state index in [9.17, 15) is 4.79 Å². The van der Waals surface area contributed by atoms with Crippen LogP contribution in [0.1, 0.15) is 32.6 Å². The third-order valence-electron chi connectivity index (χ3n) is 4.54. The fourth-order valence-corrected chi connectivity index (χ4v) is 3.70. The summed E-state index contributed by atoms with van der Waals surface area (Å²) in [6.07, 6.45) is 4.53. The lowest BCUT2D eigenvalue weighted by Crippen LogP contribution is -2.44. The standard InChI is InChI=1S/C16H20ClNO2/c1-10(20-14-4-2-3-13(17)9-14)16(19)18-15-8-11-5-6-12(15)7-11/h2-4,9-12,15H,5-8H2,1H3,(H,18,19)/t10-,11+,12+,15-/m0/s1. The minimum Gasteiger partial charge on any atom is -0.481 e. The Morgan fingerprint density at radius 2 is 2.25 bits per heavy atom. The molecule has 0 aliphatic heterocycles. The molecule has 4 atom stereocenters. The number of rotatable bonds is 4. The number of nitrogens with one attached hydrogen (secondary N) is 1. The molecule has 4 heteroatoms. The number of carbonyl (C=O) groups is 1. The minimum atomic E-state index is -0.493. The van der Waals surface area contributed by atoms with Crippen LogP contribution in [0, 0.1) is 11.8 Å². The van der Waals surface area contributed by atoms with Crippen molar-refractivity contribution in [3.8, 4) is 5.75 Å². The van der Waals surface area contributed by atoms with Crippen molar-refractivity contribution in [1.82, 2.24) is 5.32 Å². The van der Waals surface area contributed by atoms with Gasteiger partial charge in [0.2, 0.25) is 0 Å². The molecule has 0 radical (unpaired) electrons. The zero-order valence-electron chi connectivity index (χ0n) is 11.6. The Labute approximate surface area is 124 Å². The third-order valence-corrected chi connectivity index (χ3v) is 4.78. The van der Waals surface area contributed by atoms with Crippen LogP contribution in [0.3, 0.4) is 0 Å². The van der Waals surface area contributed by atoms with Gasteiger partial charge in [-0.15, -0.1) is 0 Å². The van der Waals surface area contributed by atoms with Crippen LogP contribution >= 0.6 is 11.6 Å². The first-order chi connectivity index (χ1) is 9.61. The number of amides is 1. The smallest absolute Gasteiger partial charge is 0.261 e. The monoisotopic (exact) mass is 293 g/mol. The minimum absolute atomic E-state index is 0.0254. The molecule has 3 rings (SSSR count). The van der Waals surface area contributed by atoms with Crippen molar-refractivity contribution >= 4 is 17.5 Å². The summed E-state index contributed by atoms with van der Waals surface area (Å²) in [5, 5.41) is 3.76. The lowest BCUT2D eigenvalue weighted by atomic mass is 9.95. The van der Waals surface area contributed by atoms with Gasteiger partial charge in [-0.25, -0.2) is 0 Å². The highest BCUT2D eigenvalue weighted by atomic mass is 35.5. The van der Waals surface area contributed by atoms with Gasteiger partial charge in [0.15, 0.2) is 6.10 Å². The molecule has 2 bridgehead atoms. The van der Waals surface area contributed by atoms with Crippen LogP contribution in [0.15, 0.2) is 24.3 Å². The largest absolute Gasteiger partial charge is 0.481 e. The summed E-state index contributed by atoms with van der Waals surface area (Å²) in [4.78, 5) is 12.2. The Kier molecular flexibility index (Phi) is 3.88. The Hall–Kier alpha value is -1.22. The molecular formula is C16H20ClNO2. The highest BCUT2D eigenvalue weighted by Gasteiger charge is 2.40. The number of halogens is 1. The van der Waals surface area contributed by atoms with Crippen LogP contribution in [0.2, 0.25) is 5.02 Å². The zero-order chi connectivity index (χ0) is 14.1. The summed E-state index contributed by atoms with van der Waals surface area (Å²) in [5.41, 5.74) is 0. The number of hydrogen-bond acceptors (Lipinski definition) is 2. The molecule has 2 aliphatic carbocycles. The van der Waals surface area contributed by atoms with Gasteiger partial charge in [-0.05, 0) is 56.2 Å². The SMILES string of the molecule is C[C@H](Oc1cccc(Cl)c1)C(=O)N[C@H]1C[C@@H]2CC[C@@H]1C2. The van der Waals surface area contributed by atoms with Crippen LogP contribution in [0.4, 0.5) is 0 Å². The van der Waals surface area contributed by atoms with E-state index in [1.807, 2.05) is 12.1 Å². The fourth-order valence-electron chi connectivity index (χ4n) is 3.52. The van der Waals surface area contributed by atoms with Crippen LogP contribution in [-0.4, -0.2) is 18.1 Å². The van der Waals surface area contributed by atoms with E-state index in [2.05, 4.69) is 5.32 Å². The fraction of sp³-hybridized carbons (Fsp3) is 0.562. The van der Waals surface area contributed by atoms with Gasteiger partial charge in [0, 0.05) is 11.1 Å². The zero-order valence-corrected chi connectivity index (χ0v) is 12.4. The van der Waals surface area contributed by atoms with E-state index in [4.69, 9.17) is 16.3 Å². The number of carbonyl (C=O) groups excluding carboxylic acids is 1. The summed E-state index contributed by atoms with van der Waals surface area (Å²) < 4.78 is 5.65. The summed E-state index contributed by atoms with van der Waals surface area (Å²) in [6, 6.07) is 7.49. The van der Waals surface area contributed by atoms with Gasteiger partial charge in [-0.2, -0.15) is 0 Å². The normalized spacial score (nSPS) is 29.2. The van der Waals surface area contributed by atoms with Crippen LogP contribution in [0.25, 0.3) is 0 Å². The molecule has 0 aromatic heterocycles. The summed E-state index contributed by atoms with van der Waals surface area (Å²) in [7, 11) is 0. The van der Waals surface area contributed by atoms with Gasteiger partial charge < -0.3 is 10.1 Å². The molecular weight excluding hydrogens is 274 g/mol. The molecule has 108 valence electrons. The molecule has 0 heterocycles. The second-order valence-corrected chi connectivity index (χ2v) is 6.44. The maximum atomic E-state index is 12.2. The Bertz CT molecular complexity index is 505. The van der Waals surface area contributed by atoms with E-state index < -0.39 is 6.10 Å². The van der Waals surface area contributed by atoms with Crippen LogP contribution in [0.5, 0.6) is 5.75 Å². The average Bonchev–Trinajstić information content (AvgIpc) is 3.01.